The summed E-state index contributed by atoms with van der Waals surface area (Å²) >= 11 is 2.26. The molecule has 5 heterocycles. The second kappa shape index (κ2) is 9.77. The first-order valence-electron chi connectivity index (χ1n) is 11.2. The van der Waals surface area contributed by atoms with Crippen molar-refractivity contribution < 1.29 is 29.0 Å². The lowest BCUT2D eigenvalue weighted by Crippen LogP contribution is -2.71. The summed E-state index contributed by atoms with van der Waals surface area (Å²) in [5.41, 5.74) is 5.80. The standard InChI is InChI=1S/C20H23N9O5S2/c1-2-34-25-12(15-24-20(21)36-26-15)16(30)23-13-17(31)29-14(19(32)33)10(9-35-18(13)29)8-27-7-4-11-22-5-3-6-28(11)27/h4,7,13,18H,2-3,5-6,8-9H2,1H3,(H4,21,23,24,26,30,32,33)/t13-,18-/m1/s1. The number of nitrogens with two attached hydrogens (primary N) is 1. The van der Waals surface area contributed by atoms with Gasteiger partial charge in [0, 0.05) is 29.4 Å². The summed E-state index contributed by atoms with van der Waals surface area (Å²) in [6, 6.07) is 0.975. The number of aromatic nitrogens is 4. The van der Waals surface area contributed by atoms with E-state index in [1.807, 2.05) is 21.6 Å². The van der Waals surface area contributed by atoms with Gasteiger partial charge in [0.25, 0.3) is 11.8 Å². The number of thioether (sulfide) groups is 1. The van der Waals surface area contributed by atoms with Gasteiger partial charge in [-0.2, -0.15) is 9.36 Å². The van der Waals surface area contributed by atoms with Gasteiger partial charge in [-0.05, 0) is 13.3 Å². The van der Waals surface area contributed by atoms with Crippen LogP contribution in [0.3, 0.4) is 0 Å². The molecule has 0 unspecified atom stereocenters. The second-order valence-electron chi connectivity index (χ2n) is 8.12. The van der Waals surface area contributed by atoms with Crippen LogP contribution < -0.4 is 26.2 Å². The van der Waals surface area contributed by atoms with Crippen LogP contribution in [0.5, 0.6) is 0 Å². The van der Waals surface area contributed by atoms with Crippen LogP contribution in [-0.4, -0.2) is 72.8 Å². The number of β-lactam (4-membered cyclic amide) rings is 1. The molecule has 16 heteroatoms. The highest BCUT2D eigenvalue weighted by Gasteiger charge is 2.53. The minimum Gasteiger partial charge on any atom is -0.543 e. The van der Waals surface area contributed by atoms with Crippen molar-refractivity contribution in [3.05, 3.63) is 29.4 Å². The minimum atomic E-state index is -1.43. The topological polar surface area (TPSA) is 184 Å². The van der Waals surface area contributed by atoms with Crippen LogP contribution in [0.1, 0.15) is 19.2 Å². The molecule has 0 aliphatic carbocycles. The van der Waals surface area contributed by atoms with Gasteiger partial charge in [-0.3, -0.25) is 14.5 Å². The van der Waals surface area contributed by atoms with Crippen LogP contribution in [-0.2, 0) is 32.3 Å². The molecule has 36 heavy (non-hydrogen) atoms. The van der Waals surface area contributed by atoms with Crippen molar-refractivity contribution in [2.45, 2.75) is 37.8 Å². The van der Waals surface area contributed by atoms with E-state index in [2.05, 4.69) is 25.1 Å². The number of anilines is 2. The predicted molar refractivity (Wildman–Crippen MR) is 127 cm³/mol. The Kier molecular flexibility index (Phi) is 6.53. The van der Waals surface area contributed by atoms with E-state index in [0.29, 0.717) is 17.9 Å². The Morgan fingerprint density at radius 1 is 1.47 bits per heavy atom. The zero-order valence-electron chi connectivity index (χ0n) is 19.2. The lowest BCUT2D eigenvalue weighted by Gasteiger charge is -2.50. The van der Waals surface area contributed by atoms with Crippen molar-refractivity contribution in [2.24, 2.45) is 5.16 Å². The number of nitrogens with zero attached hydrogens (tertiary/aromatic N) is 6. The predicted octanol–water partition coefficient (Wildman–Crippen LogP) is -2.13. The highest BCUT2D eigenvalue weighted by atomic mass is 32.2. The molecule has 1 fully saturated rings. The molecule has 2 atom stereocenters. The fourth-order valence-electron chi connectivity index (χ4n) is 4.29. The normalized spacial score (nSPS) is 21.3. The Labute approximate surface area is 213 Å². The third-order valence-electron chi connectivity index (χ3n) is 5.88. The SMILES string of the molecule is CCON=C(C(=O)N[C@@H]1C(=O)N2C(C(=O)[O-])=C(C[n+]3ccc4n3CCCN4)CS[C@H]12)c1nsc(N)n1. The van der Waals surface area contributed by atoms with Crippen molar-refractivity contribution in [1.29, 1.82) is 0 Å². The molecule has 0 saturated carbocycles. The number of carboxylic acid groups (broad SMARTS) is 1. The Bertz CT molecular complexity index is 1290. The number of rotatable bonds is 8. The van der Waals surface area contributed by atoms with E-state index < -0.39 is 29.2 Å². The van der Waals surface area contributed by atoms with Gasteiger partial charge in [-0.1, -0.05) is 5.16 Å². The van der Waals surface area contributed by atoms with Crippen molar-refractivity contribution >= 4 is 57.7 Å². The van der Waals surface area contributed by atoms with Crippen LogP contribution in [0, 0.1) is 0 Å². The largest absolute Gasteiger partial charge is 0.543 e. The monoisotopic (exact) mass is 533 g/mol. The molecule has 2 aromatic rings. The first-order valence-corrected chi connectivity index (χ1v) is 13.0. The fraction of sp³-hybridized carbons (Fsp3) is 0.450. The number of aliphatic carboxylic acids is 1. The number of carbonyl (C=O) groups is 3. The van der Waals surface area contributed by atoms with Crippen molar-refractivity contribution in [3.63, 3.8) is 0 Å². The van der Waals surface area contributed by atoms with E-state index >= 15 is 0 Å². The van der Waals surface area contributed by atoms with Crippen molar-refractivity contribution in [3.8, 4) is 0 Å². The number of nitrogens with one attached hydrogen (secondary N) is 2. The van der Waals surface area contributed by atoms with Gasteiger partial charge in [0.15, 0.2) is 23.7 Å². The maximum Gasteiger partial charge on any atom is 0.278 e. The molecule has 2 aromatic heterocycles. The van der Waals surface area contributed by atoms with E-state index in [-0.39, 0.29) is 29.0 Å². The van der Waals surface area contributed by atoms with Gasteiger partial charge < -0.3 is 31.1 Å². The summed E-state index contributed by atoms with van der Waals surface area (Å²) in [7, 11) is 0. The van der Waals surface area contributed by atoms with Crippen LogP contribution in [0.15, 0.2) is 28.7 Å². The van der Waals surface area contributed by atoms with Crippen molar-refractivity contribution in [1.82, 2.24) is 24.3 Å². The van der Waals surface area contributed by atoms with Gasteiger partial charge in [0.05, 0.1) is 24.3 Å². The van der Waals surface area contributed by atoms with E-state index in [0.717, 1.165) is 36.9 Å². The average Bonchev–Trinajstić information content (AvgIpc) is 3.48. The zero-order valence-corrected chi connectivity index (χ0v) is 20.8. The molecule has 2 amide bonds. The smallest absolute Gasteiger partial charge is 0.278 e. The molecule has 0 bridgehead atoms. The van der Waals surface area contributed by atoms with E-state index in [1.165, 1.54) is 16.7 Å². The first kappa shape index (κ1) is 24.1. The number of hydrogen-bond donors (Lipinski definition) is 3. The number of carbonyl (C=O) groups excluding carboxylic acids is 3. The quantitative estimate of drug-likeness (QED) is 0.147. The molecule has 4 N–H and O–H groups in total. The summed E-state index contributed by atoms with van der Waals surface area (Å²) in [6.45, 7) is 3.88. The van der Waals surface area contributed by atoms with Crippen LogP contribution in [0.25, 0.3) is 0 Å². The molecule has 3 aliphatic rings. The summed E-state index contributed by atoms with van der Waals surface area (Å²) in [5.74, 6) is -1.42. The molecule has 5 rings (SSSR count). The van der Waals surface area contributed by atoms with E-state index in [9.17, 15) is 19.5 Å². The number of hydrogen-bond acceptors (Lipinski definition) is 12. The third kappa shape index (κ3) is 4.26. The fourth-order valence-corrected chi connectivity index (χ4v) is 6.06. The molecule has 14 nitrogen and oxygen atoms in total. The Morgan fingerprint density at radius 3 is 3.03 bits per heavy atom. The van der Waals surface area contributed by atoms with Gasteiger partial charge in [-0.25, -0.2) is 0 Å². The maximum absolute atomic E-state index is 13.0. The number of fused-ring (bicyclic) bond motifs is 2. The average molecular weight is 534 g/mol. The molecule has 1 saturated heterocycles. The summed E-state index contributed by atoms with van der Waals surface area (Å²) < 4.78 is 7.95. The summed E-state index contributed by atoms with van der Waals surface area (Å²) in [4.78, 5) is 48.2. The minimum absolute atomic E-state index is 0.0250. The first-order chi connectivity index (χ1) is 17.4. The maximum atomic E-state index is 13.0. The summed E-state index contributed by atoms with van der Waals surface area (Å²) in [5, 5.41) is 21.3. The number of carboxylic acids is 1. The molecular formula is C20H23N9O5S2. The Balaban J connectivity index is 1.35. The molecule has 190 valence electrons. The van der Waals surface area contributed by atoms with Gasteiger partial charge in [-0.15, -0.1) is 21.1 Å². The van der Waals surface area contributed by atoms with Crippen LogP contribution >= 0.6 is 23.3 Å². The molecule has 0 aromatic carbocycles. The number of oxime groups is 1. The zero-order chi connectivity index (χ0) is 25.4. The van der Waals surface area contributed by atoms with Gasteiger partial charge >= 0.3 is 0 Å². The lowest BCUT2D eigenvalue weighted by molar-refractivity contribution is -0.768. The molecular weight excluding hydrogens is 510 g/mol. The van der Waals surface area contributed by atoms with E-state index in [1.54, 1.807) is 6.92 Å². The number of nitrogen functional groups attached to an aromatic ring is 1. The highest BCUT2D eigenvalue weighted by Crippen LogP contribution is 2.40. The van der Waals surface area contributed by atoms with Gasteiger partial charge in [0.1, 0.15) is 18.0 Å². The Morgan fingerprint density at radius 2 is 2.31 bits per heavy atom. The summed E-state index contributed by atoms with van der Waals surface area (Å²) in [6.07, 6.45) is 2.83. The van der Waals surface area contributed by atoms with Gasteiger partial charge in [0.2, 0.25) is 11.5 Å². The Hall–Kier alpha value is -3.66. The third-order valence-corrected chi connectivity index (χ3v) is 7.76. The second-order valence-corrected chi connectivity index (χ2v) is 10.0. The van der Waals surface area contributed by atoms with Crippen molar-refractivity contribution in [2.75, 3.05) is 30.0 Å². The molecule has 3 aliphatic heterocycles. The number of amides is 2. The highest BCUT2D eigenvalue weighted by molar-refractivity contribution is 8.00. The van der Waals surface area contributed by atoms with Crippen LogP contribution in [0.4, 0.5) is 10.9 Å². The van der Waals surface area contributed by atoms with Crippen LogP contribution in [0.2, 0.25) is 0 Å². The molecule has 0 spiro atoms. The van der Waals surface area contributed by atoms with E-state index in [4.69, 9.17) is 10.6 Å². The lowest BCUT2D eigenvalue weighted by atomic mass is 10.0. The molecule has 0 radical (unpaired) electrons.